The number of nitrogens with zero attached hydrogens (tertiary/aromatic N) is 3. The molecule has 0 fully saturated rings. The lowest BCUT2D eigenvalue weighted by Crippen LogP contribution is -2.61. The molecule has 0 saturated carbocycles. The molecule has 0 amide bonds. The van der Waals surface area contributed by atoms with Crippen LogP contribution < -0.4 is 31.1 Å². The van der Waals surface area contributed by atoms with Crippen molar-refractivity contribution < 1.29 is 0 Å². The van der Waals surface area contributed by atoms with Gasteiger partial charge in [-0.1, -0.05) is 104 Å². The third-order valence-electron chi connectivity index (χ3n) is 13.6. The van der Waals surface area contributed by atoms with Gasteiger partial charge in [-0.2, -0.15) is 0 Å². The van der Waals surface area contributed by atoms with E-state index in [0.717, 1.165) is 0 Å². The second-order valence-corrected chi connectivity index (χ2v) is 19.0. The van der Waals surface area contributed by atoms with Gasteiger partial charge in [0.2, 0.25) is 0 Å². The fourth-order valence-electron chi connectivity index (χ4n) is 10.1. The van der Waals surface area contributed by atoms with E-state index in [1.807, 2.05) is 0 Å². The predicted octanol–water partition coefficient (Wildman–Crippen LogP) is 10.5. The van der Waals surface area contributed by atoms with Crippen LogP contribution in [0.25, 0.3) is 0 Å². The van der Waals surface area contributed by atoms with E-state index in [0.29, 0.717) is 0 Å². The summed E-state index contributed by atoms with van der Waals surface area (Å²) in [6.07, 6.45) is 4.80. The van der Waals surface area contributed by atoms with Crippen LogP contribution in [0.5, 0.6) is 0 Å². The topological polar surface area (TPSA) is 9.72 Å². The van der Waals surface area contributed by atoms with Crippen molar-refractivity contribution in [3.63, 3.8) is 0 Å². The lowest BCUT2D eigenvalue weighted by molar-refractivity contribution is 0.332. The van der Waals surface area contributed by atoms with Gasteiger partial charge in [0.15, 0.2) is 0 Å². The summed E-state index contributed by atoms with van der Waals surface area (Å²) in [6.45, 7) is 19.8. The molecule has 2 heterocycles. The Bertz CT molecular complexity index is 2260. The highest BCUT2D eigenvalue weighted by Gasteiger charge is 2.47. The number of rotatable bonds is 3. The number of hydrogen-bond donors (Lipinski definition) is 0. The molecule has 0 aromatic heterocycles. The van der Waals surface area contributed by atoms with Gasteiger partial charge in [0.05, 0.1) is 0 Å². The van der Waals surface area contributed by atoms with Crippen molar-refractivity contribution in [2.75, 3.05) is 28.8 Å². The van der Waals surface area contributed by atoms with E-state index in [1.54, 1.807) is 0 Å². The molecule has 2 aliphatic carbocycles. The molecule has 4 aliphatic rings. The molecule has 9 rings (SSSR count). The molecule has 264 valence electrons. The fourth-order valence-corrected chi connectivity index (χ4v) is 10.1. The monoisotopic (exact) mass is 683 g/mol. The largest absolute Gasteiger partial charge is 0.378 e. The first-order valence-electron chi connectivity index (χ1n) is 19.5. The summed E-state index contributed by atoms with van der Waals surface area (Å²) < 4.78 is 0. The molecule has 4 heteroatoms. The van der Waals surface area contributed by atoms with Crippen LogP contribution in [0.3, 0.4) is 0 Å². The maximum Gasteiger partial charge on any atom is 0.252 e. The average Bonchev–Trinajstić information content (AvgIpc) is 3.11. The van der Waals surface area contributed by atoms with Crippen LogP contribution in [-0.4, -0.2) is 20.8 Å². The van der Waals surface area contributed by atoms with Gasteiger partial charge in [-0.05, 0) is 135 Å². The Morgan fingerprint density at radius 3 is 1.60 bits per heavy atom. The van der Waals surface area contributed by atoms with E-state index < -0.39 is 0 Å². The van der Waals surface area contributed by atoms with E-state index in [1.165, 1.54) is 104 Å². The molecule has 0 bridgehead atoms. The smallest absolute Gasteiger partial charge is 0.252 e. The summed E-state index contributed by atoms with van der Waals surface area (Å²) in [5.41, 5.74) is 19.5. The van der Waals surface area contributed by atoms with Crippen LogP contribution in [0.4, 0.5) is 39.8 Å². The van der Waals surface area contributed by atoms with Crippen LogP contribution >= 0.6 is 0 Å². The Morgan fingerprint density at radius 1 is 0.462 bits per heavy atom. The van der Waals surface area contributed by atoms with Gasteiger partial charge in [-0.15, -0.1) is 0 Å². The van der Waals surface area contributed by atoms with Crippen molar-refractivity contribution in [1.82, 2.24) is 0 Å². The minimum Gasteiger partial charge on any atom is -0.378 e. The normalized spacial score (nSPS) is 19.5. The van der Waals surface area contributed by atoms with Crippen molar-refractivity contribution >= 4 is 62.9 Å². The molecule has 0 spiro atoms. The first kappa shape index (κ1) is 33.4. The van der Waals surface area contributed by atoms with Gasteiger partial charge in [0.25, 0.3) is 6.71 Å². The van der Waals surface area contributed by atoms with E-state index >= 15 is 0 Å². The van der Waals surface area contributed by atoms with Gasteiger partial charge in [-0.3, -0.25) is 0 Å². The van der Waals surface area contributed by atoms with Gasteiger partial charge in [-0.25, -0.2) is 0 Å². The maximum atomic E-state index is 2.66. The van der Waals surface area contributed by atoms with Crippen molar-refractivity contribution in [2.45, 2.75) is 103 Å². The number of fused-ring (bicyclic) bond motifs is 6. The molecule has 5 aromatic carbocycles. The number of anilines is 7. The number of benzene rings is 5. The molecule has 0 N–H and O–H groups in total. The van der Waals surface area contributed by atoms with Gasteiger partial charge in [0, 0.05) is 53.9 Å². The molecule has 0 atom stereocenters. The SMILES string of the molecule is CN(C)c1cc2c3c(c1)N(c1ccc4c(c1)C(C)(C)CCC4(C)C)c1cc4c(cc1B3c1ccccc1N2c1ccccc1)C(C)(C)CCC4(C)C. The summed E-state index contributed by atoms with van der Waals surface area (Å²) in [4.78, 5) is 7.45. The Labute approximate surface area is 312 Å². The number of para-hydroxylation sites is 2. The Hall–Kier alpha value is -4.44. The summed E-state index contributed by atoms with van der Waals surface area (Å²) in [5, 5.41) is 0. The molecule has 0 unspecified atom stereocenters. The quantitative estimate of drug-likeness (QED) is 0.172. The molecular formula is C48H54BN3. The zero-order valence-electron chi connectivity index (χ0n) is 33.0. The zero-order valence-corrected chi connectivity index (χ0v) is 33.0. The molecule has 0 saturated heterocycles. The zero-order chi connectivity index (χ0) is 36.5. The lowest BCUT2D eigenvalue weighted by Gasteiger charge is -2.48. The predicted molar refractivity (Wildman–Crippen MR) is 225 cm³/mol. The van der Waals surface area contributed by atoms with Crippen molar-refractivity contribution in [2.24, 2.45) is 0 Å². The second kappa shape index (κ2) is 11.0. The highest BCUT2D eigenvalue weighted by molar-refractivity contribution is 7.00. The molecular weight excluding hydrogens is 629 g/mol. The summed E-state index contributed by atoms with van der Waals surface area (Å²) in [7, 11) is 4.36. The van der Waals surface area contributed by atoms with Crippen molar-refractivity contribution in [1.29, 1.82) is 0 Å². The van der Waals surface area contributed by atoms with Crippen LogP contribution in [0.1, 0.15) is 103 Å². The van der Waals surface area contributed by atoms with E-state index in [-0.39, 0.29) is 28.4 Å². The summed E-state index contributed by atoms with van der Waals surface area (Å²) in [5.74, 6) is 0. The minimum absolute atomic E-state index is 0.0962. The van der Waals surface area contributed by atoms with Crippen LogP contribution in [0.2, 0.25) is 0 Å². The lowest BCUT2D eigenvalue weighted by atomic mass is 9.33. The van der Waals surface area contributed by atoms with Crippen LogP contribution in [-0.2, 0) is 21.7 Å². The second-order valence-electron chi connectivity index (χ2n) is 19.0. The fraction of sp³-hybridized carbons (Fsp3) is 0.375. The highest BCUT2D eigenvalue weighted by atomic mass is 15.2. The molecule has 3 nitrogen and oxygen atoms in total. The van der Waals surface area contributed by atoms with Gasteiger partial charge >= 0.3 is 0 Å². The van der Waals surface area contributed by atoms with Gasteiger partial charge in [0.1, 0.15) is 0 Å². The Morgan fingerprint density at radius 2 is 0.981 bits per heavy atom. The standard InChI is InChI=1S/C48H54BN3/c1-45(2)22-23-46(3,4)35-26-32(20-21-34(35)45)52-41-30-37-36(47(5,6)24-25-48(37,7)8)29-39(41)49-38-18-14-15-19-40(38)51(31-16-12-11-13-17-31)42-27-33(50(9)10)28-43(52)44(42)49/h11-21,26-30H,22-25H2,1-10H3. The molecule has 0 radical (unpaired) electrons. The van der Waals surface area contributed by atoms with Gasteiger partial charge < -0.3 is 14.7 Å². The minimum atomic E-state index is 0.0962. The average molecular weight is 684 g/mol. The van der Waals surface area contributed by atoms with Crippen LogP contribution in [0.15, 0.2) is 97.1 Å². The summed E-state index contributed by atoms with van der Waals surface area (Å²) >= 11 is 0. The van der Waals surface area contributed by atoms with E-state index in [2.05, 4.69) is 181 Å². The van der Waals surface area contributed by atoms with Crippen molar-refractivity contribution in [3.05, 3.63) is 119 Å². The first-order chi connectivity index (χ1) is 24.6. The number of hydrogen-bond acceptors (Lipinski definition) is 3. The summed E-state index contributed by atoms with van der Waals surface area (Å²) in [6, 6.07) is 37.8. The molecule has 52 heavy (non-hydrogen) atoms. The Kier molecular flexibility index (Phi) is 7.09. The Balaban J connectivity index is 1.42. The molecule has 5 aromatic rings. The third-order valence-corrected chi connectivity index (χ3v) is 13.6. The van der Waals surface area contributed by atoms with Crippen LogP contribution in [0, 0.1) is 0 Å². The first-order valence-corrected chi connectivity index (χ1v) is 19.5. The highest BCUT2D eigenvalue weighted by Crippen LogP contribution is 2.52. The van der Waals surface area contributed by atoms with E-state index in [4.69, 9.17) is 0 Å². The van der Waals surface area contributed by atoms with Crippen molar-refractivity contribution in [3.8, 4) is 0 Å². The third kappa shape index (κ3) is 4.78. The van der Waals surface area contributed by atoms with E-state index in [9.17, 15) is 0 Å². The maximum absolute atomic E-state index is 2.66. The molecule has 2 aliphatic heterocycles.